The lowest BCUT2D eigenvalue weighted by atomic mass is 10.1. The summed E-state index contributed by atoms with van der Waals surface area (Å²) in [6, 6.07) is 4.10. The Labute approximate surface area is 77.5 Å². The molecule has 2 heteroatoms. The number of nitrogens with one attached hydrogen (secondary N) is 1. The van der Waals surface area contributed by atoms with Crippen LogP contribution < -0.4 is 4.74 Å². The molecule has 0 bridgehead atoms. The molecule has 1 heterocycles. The lowest BCUT2D eigenvalue weighted by Crippen LogP contribution is -1.84. The molecule has 0 aliphatic carbocycles. The first-order valence-electron chi connectivity index (χ1n) is 4.34. The van der Waals surface area contributed by atoms with Gasteiger partial charge in [0.05, 0.1) is 7.11 Å². The Balaban J connectivity index is 2.80. The van der Waals surface area contributed by atoms with Crippen LogP contribution in [0, 0.1) is 13.8 Å². The highest BCUT2D eigenvalue weighted by molar-refractivity contribution is 5.87. The van der Waals surface area contributed by atoms with Crippen LogP contribution in [-0.2, 0) is 0 Å². The van der Waals surface area contributed by atoms with Crippen LogP contribution in [0.4, 0.5) is 0 Å². The van der Waals surface area contributed by atoms with Crippen molar-refractivity contribution in [1.29, 1.82) is 0 Å². The molecule has 0 atom stereocenters. The van der Waals surface area contributed by atoms with Gasteiger partial charge in [0.15, 0.2) is 0 Å². The van der Waals surface area contributed by atoms with E-state index in [4.69, 9.17) is 4.74 Å². The van der Waals surface area contributed by atoms with E-state index >= 15 is 0 Å². The standard InChI is InChI=1S/C11H13NO/c1-7-4-9(13-3)5-10-8(2)6-12-11(7)10/h4-6,12H,1-3H3. The minimum atomic E-state index is 0.924. The van der Waals surface area contributed by atoms with E-state index in [-0.39, 0.29) is 0 Å². The fourth-order valence-corrected chi connectivity index (χ4v) is 1.63. The van der Waals surface area contributed by atoms with Gasteiger partial charge in [-0.15, -0.1) is 0 Å². The van der Waals surface area contributed by atoms with Gasteiger partial charge < -0.3 is 9.72 Å². The number of rotatable bonds is 1. The predicted molar refractivity (Wildman–Crippen MR) is 54.3 cm³/mol. The molecule has 1 aromatic heterocycles. The van der Waals surface area contributed by atoms with Crippen molar-refractivity contribution in [3.8, 4) is 5.75 Å². The second kappa shape index (κ2) is 2.80. The Bertz CT molecular complexity index is 443. The molecule has 1 aromatic carbocycles. The summed E-state index contributed by atoms with van der Waals surface area (Å²) >= 11 is 0. The zero-order valence-corrected chi connectivity index (χ0v) is 8.14. The van der Waals surface area contributed by atoms with Crippen molar-refractivity contribution in [2.24, 2.45) is 0 Å². The van der Waals surface area contributed by atoms with E-state index in [1.807, 2.05) is 12.3 Å². The highest BCUT2D eigenvalue weighted by Crippen LogP contribution is 2.26. The maximum atomic E-state index is 5.21. The summed E-state index contributed by atoms with van der Waals surface area (Å²) < 4.78 is 5.21. The van der Waals surface area contributed by atoms with E-state index in [1.54, 1.807) is 7.11 Å². The average Bonchev–Trinajstić information content (AvgIpc) is 2.48. The molecule has 0 saturated carbocycles. The average molecular weight is 175 g/mol. The van der Waals surface area contributed by atoms with Crippen molar-refractivity contribution in [3.05, 3.63) is 29.5 Å². The zero-order valence-electron chi connectivity index (χ0n) is 8.14. The van der Waals surface area contributed by atoms with Gasteiger partial charge in [-0.1, -0.05) is 0 Å². The number of H-pyrrole nitrogens is 1. The molecule has 0 radical (unpaired) electrons. The first kappa shape index (κ1) is 8.17. The molecule has 0 amide bonds. The largest absolute Gasteiger partial charge is 0.497 e. The molecule has 0 aliphatic rings. The third kappa shape index (κ3) is 1.18. The zero-order chi connectivity index (χ0) is 9.42. The molecule has 68 valence electrons. The first-order chi connectivity index (χ1) is 6.22. The van der Waals surface area contributed by atoms with Crippen molar-refractivity contribution in [2.75, 3.05) is 7.11 Å². The second-order valence-corrected chi connectivity index (χ2v) is 3.34. The third-order valence-electron chi connectivity index (χ3n) is 2.40. The summed E-state index contributed by atoms with van der Waals surface area (Å²) in [7, 11) is 1.70. The topological polar surface area (TPSA) is 25.0 Å². The third-order valence-corrected chi connectivity index (χ3v) is 2.40. The van der Waals surface area contributed by atoms with Crippen LogP contribution in [0.25, 0.3) is 10.9 Å². The number of hydrogen-bond donors (Lipinski definition) is 1. The molecule has 0 saturated heterocycles. The summed E-state index contributed by atoms with van der Waals surface area (Å²) in [5.41, 5.74) is 3.69. The molecule has 0 unspecified atom stereocenters. The minimum Gasteiger partial charge on any atom is -0.497 e. The molecule has 2 nitrogen and oxygen atoms in total. The molecule has 0 spiro atoms. The van der Waals surface area contributed by atoms with E-state index in [1.165, 1.54) is 22.0 Å². The van der Waals surface area contributed by atoms with Crippen LogP contribution in [0.2, 0.25) is 0 Å². The van der Waals surface area contributed by atoms with Crippen LogP contribution in [0.15, 0.2) is 18.3 Å². The summed E-state index contributed by atoms with van der Waals surface area (Å²) in [5.74, 6) is 0.924. The molecular weight excluding hydrogens is 162 g/mol. The van der Waals surface area contributed by atoms with Crippen LogP contribution in [0.1, 0.15) is 11.1 Å². The van der Waals surface area contributed by atoms with Crippen LogP contribution in [0.3, 0.4) is 0 Å². The molecule has 0 fully saturated rings. The number of ether oxygens (including phenoxy) is 1. The van der Waals surface area contributed by atoms with Gasteiger partial charge in [-0.2, -0.15) is 0 Å². The maximum Gasteiger partial charge on any atom is 0.119 e. The predicted octanol–water partition coefficient (Wildman–Crippen LogP) is 2.79. The number of fused-ring (bicyclic) bond motifs is 1. The Morgan fingerprint density at radius 2 is 1.92 bits per heavy atom. The highest BCUT2D eigenvalue weighted by atomic mass is 16.5. The van der Waals surface area contributed by atoms with Gasteiger partial charge in [0, 0.05) is 17.1 Å². The number of aromatic nitrogens is 1. The van der Waals surface area contributed by atoms with Gasteiger partial charge in [0.25, 0.3) is 0 Å². The van der Waals surface area contributed by atoms with E-state index in [2.05, 4.69) is 24.9 Å². The van der Waals surface area contributed by atoms with Gasteiger partial charge in [-0.05, 0) is 37.1 Å². The van der Waals surface area contributed by atoms with Crippen molar-refractivity contribution >= 4 is 10.9 Å². The Morgan fingerprint density at radius 3 is 2.62 bits per heavy atom. The van der Waals surface area contributed by atoms with Crippen molar-refractivity contribution in [3.63, 3.8) is 0 Å². The number of hydrogen-bond acceptors (Lipinski definition) is 1. The fraction of sp³-hybridized carbons (Fsp3) is 0.273. The lowest BCUT2D eigenvalue weighted by molar-refractivity contribution is 0.415. The minimum absolute atomic E-state index is 0.924. The quantitative estimate of drug-likeness (QED) is 0.708. The summed E-state index contributed by atoms with van der Waals surface area (Å²) in [6.45, 7) is 4.18. The number of aromatic amines is 1. The summed E-state index contributed by atoms with van der Waals surface area (Å²) in [4.78, 5) is 3.25. The molecule has 2 rings (SSSR count). The summed E-state index contributed by atoms with van der Waals surface area (Å²) in [6.07, 6.45) is 2.02. The summed E-state index contributed by atoms with van der Waals surface area (Å²) in [5, 5.41) is 1.25. The van der Waals surface area contributed by atoms with Gasteiger partial charge in [-0.3, -0.25) is 0 Å². The Morgan fingerprint density at radius 1 is 1.15 bits per heavy atom. The van der Waals surface area contributed by atoms with Gasteiger partial charge in [0.2, 0.25) is 0 Å². The van der Waals surface area contributed by atoms with Crippen LogP contribution >= 0.6 is 0 Å². The van der Waals surface area contributed by atoms with E-state index in [9.17, 15) is 0 Å². The lowest BCUT2D eigenvalue weighted by Gasteiger charge is -2.02. The maximum absolute atomic E-state index is 5.21. The van der Waals surface area contributed by atoms with Crippen molar-refractivity contribution in [2.45, 2.75) is 13.8 Å². The van der Waals surface area contributed by atoms with Gasteiger partial charge in [-0.25, -0.2) is 0 Å². The second-order valence-electron chi connectivity index (χ2n) is 3.34. The molecule has 1 N–H and O–H groups in total. The van der Waals surface area contributed by atoms with Gasteiger partial charge >= 0.3 is 0 Å². The van der Waals surface area contributed by atoms with E-state index in [0.717, 1.165) is 5.75 Å². The molecular formula is C11H13NO. The SMILES string of the molecule is COc1cc(C)c2[nH]cc(C)c2c1. The van der Waals surface area contributed by atoms with E-state index < -0.39 is 0 Å². The Kier molecular flexibility index (Phi) is 1.76. The molecule has 0 aliphatic heterocycles. The number of methoxy groups -OCH3 is 1. The van der Waals surface area contributed by atoms with Gasteiger partial charge in [0.1, 0.15) is 5.75 Å². The monoisotopic (exact) mass is 175 g/mol. The number of benzene rings is 1. The first-order valence-corrected chi connectivity index (χ1v) is 4.34. The van der Waals surface area contributed by atoms with Crippen LogP contribution in [0.5, 0.6) is 5.75 Å². The normalized spacial score (nSPS) is 10.7. The van der Waals surface area contributed by atoms with Crippen molar-refractivity contribution in [1.82, 2.24) is 4.98 Å². The van der Waals surface area contributed by atoms with Crippen LogP contribution in [-0.4, -0.2) is 12.1 Å². The highest BCUT2D eigenvalue weighted by Gasteiger charge is 2.04. The Hall–Kier alpha value is -1.44. The molecule has 13 heavy (non-hydrogen) atoms. The number of aryl methyl sites for hydroxylation is 2. The fourth-order valence-electron chi connectivity index (χ4n) is 1.63. The molecule has 2 aromatic rings. The van der Waals surface area contributed by atoms with Crippen molar-refractivity contribution < 1.29 is 4.74 Å². The smallest absolute Gasteiger partial charge is 0.119 e. The van der Waals surface area contributed by atoms with E-state index in [0.29, 0.717) is 0 Å².